The van der Waals surface area contributed by atoms with Crippen molar-refractivity contribution in [3.63, 3.8) is 0 Å². The molecule has 1 heterocycles. The molecule has 6 heteroatoms. The second kappa shape index (κ2) is 5.22. The van der Waals surface area contributed by atoms with Crippen LogP contribution in [0.15, 0.2) is 18.3 Å². The van der Waals surface area contributed by atoms with Crippen molar-refractivity contribution >= 4 is 11.9 Å². The lowest BCUT2D eigenvalue weighted by Crippen LogP contribution is -2.44. The molecule has 0 radical (unpaired) electrons. The van der Waals surface area contributed by atoms with Crippen LogP contribution in [0.1, 0.15) is 35.8 Å². The van der Waals surface area contributed by atoms with Gasteiger partial charge in [0, 0.05) is 12.2 Å². The molecule has 1 aliphatic carbocycles. The van der Waals surface area contributed by atoms with Crippen molar-refractivity contribution in [1.82, 2.24) is 9.88 Å². The number of aliphatic hydroxyl groups is 1. The van der Waals surface area contributed by atoms with Gasteiger partial charge >= 0.3 is 5.97 Å². The summed E-state index contributed by atoms with van der Waals surface area (Å²) in [7, 11) is 0. The van der Waals surface area contributed by atoms with E-state index in [1.165, 1.54) is 0 Å². The Balaban J connectivity index is 2.08. The number of aliphatic hydroxyl groups excluding tert-OH is 1. The number of carboxylic acid groups (broad SMARTS) is 1. The maximum absolute atomic E-state index is 11.9. The van der Waals surface area contributed by atoms with Crippen LogP contribution in [-0.2, 0) is 4.79 Å². The number of rotatable bonds is 5. The van der Waals surface area contributed by atoms with Crippen LogP contribution in [0.2, 0.25) is 0 Å². The minimum Gasteiger partial charge on any atom is -0.480 e. The van der Waals surface area contributed by atoms with E-state index in [1.54, 1.807) is 12.1 Å². The second-order valence-corrected chi connectivity index (χ2v) is 4.43. The quantitative estimate of drug-likeness (QED) is 0.707. The van der Waals surface area contributed by atoms with Gasteiger partial charge in [-0.2, -0.15) is 0 Å². The SMILES string of the molecule is O=C(N[C@H](CO)C(=O)O)c1cccn1C1CCC1. The highest BCUT2D eigenvalue weighted by molar-refractivity contribution is 5.95. The van der Waals surface area contributed by atoms with Gasteiger partial charge in [-0.1, -0.05) is 0 Å². The number of aromatic nitrogens is 1. The summed E-state index contributed by atoms with van der Waals surface area (Å²) >= 11 is 0. The van der Waals surface area contributed by atoms with Gasteiger partial charge in [0.05, 0.1) is 6.61 Å². The second-order valence-electron chi connectivity index (χ2n) is 4.43. The zero-order valence-corrected chi connectivity index (χ0v) is 9.87. The van der Waals surface area contributed by atoms with E-state index < -0.39 is 24.5 Å². The van der Waals surface area contributed by atoms with Crippen molar-refractivity contribution in [2.24, 2.45) is 0 Å². The number of carboxylic acids is 1. The first-order valence-electron chi connectivity index (χ1n) is 5.95. The van der Waals surface area contributed by atoms with Crippen molar-refractivity contribution in [2.45, 2.75) is 31.3 Å². The summed E-state index contributed by atoms with van der Waals surface area (Å²) < 4.78 is 1.87. The molecule has 1 aromatic rings. The highest BCUT2D eigenvalue weighted by Crippen LogP contribution is 2.32. The molecular weight excluding hydrogens is 236 g/mol. The van der Waals surface area contributed by atoms with Crippen molar-refractivity contribution in [3.8, 4) is 0 Å². The first-order chi connectivity index (χ1) is 8.63. The van der Waals surface area contributed by atoms with Crippen LogP contribution in [0.3, 0.4) is 0 Å². The van der Waals surface area contributed by atoms with Gasteiger partial charge in [0.15, 0.2) is 6.04 Å². The van der Waals surface area contributed by atoms with Crippen molar-refractivity contribution in [2.75, 3.05) is 6.61 Å². The highest BCUT2D eigenvalue weighted by Gasteiger charge is 2.25. The lowest BCUT2D eigenvalue weighted by Gasteiger charge is -2.29. The maximum Gasteiger partial charge on any atom is 0.328 e. The zero-order valence-electron chi connectivity index (χ0n) is 9.87. The maximum atomic E-state index is 11.9. The van der Waals surface area contributed by atoms with Crippen molar-refractivity contribution in [1.29, 1.82) is 0 Å². The van der Waals surface area contributed by atoms with Gasteiger partial charge in [0.2, 0.25) is 0 Å². The fraction of sp³-hybridized carbons (Fsp3) is 0.500. The van der Waals surface area contributed by atoms with Gasteiger partial charge in [0.1, 0.15) is 5.69 Å². The molecule has 0 saturated heterocycles. The van der Waals surface area contributed by atoms with Gasteiger partial charge in [-0.05, 0) is 31.4 Å². The first kappa shape index (κ1) is 12.6. The van der Waals surface area contributed by atoms with Crippen LogP contribution in [0.4, 0.5) is 0 Å². The lowest BCUT2D eigenvalue weighted by molar-refractivity contribution is -0.140. The molecular formula is C12H16N2O4. The standard InChI is InChI=1S/C12H16N2O4/c15-7-9(12(17)18)13-11(16)10-5-2-6-14(10)8-3-1-4-8/h2,5-6,8-9,15H,1,3-4,7H2,(H,13,16)(H,17,18)/t9-/m1/s1. The van der Waals surface area contributed by atoms with E-state index in [9.17, 15) is 9.59 Å². The molecule has 0 spiro atoms. The van der Waals surface area contributed by atoms with E-state index in [2.05, 4.69) is 5.32 Å². The number of aliphatic carboxylic acids is 1. The van der Waals surface area contributed by atoms with Crippen LogP contribution < -0.4 is 5.32 Å². The first-order valence-corrected chi connectivity index (χ1v) is 5.95. The van der Waals surface area contributed by atoms with Crippen LogP contribution in [0, 0.1) is 0 Å². The number of nitrogens with one attached hydrogen (secondary N) is 1. The summed E-state index contributed by atoms with van der Waals surface area (Å²) in [6.45, 7) is -0.620. The molecule has 1 aromatic heterocycles. The molecule has 2 rings (SSSR count). The van der Waals surface area contributed by atoms with E-state index in [0.29, 0.717) is 11.7 Å². The minimum atomic E-state index is -1.26. The average molecular weight is 252 g/mol. The normalized spacial score (nSPS) is 16.9. The summed E-state index contributed by atoms with van der Waals surface area (Å²) in [5.41, 5.74) is 0.444. The third-order valence-electron chi connectivity index (χ3n) is 3.27. The van der Waals surface area contributed by atoms with Gasteiger partial charge in [-0.3, -0.25) is 4.79 Å². The number of nitrogens with zero attached hydrogens (tertiary/aromatic N) is 1. The van der Waals surface area contributed by atoms with E-state index in [0.717, 1.165) is 19.3 Å². The molecule has 0 unspecified atom stereocenters. The fourth-order valence-corrected chi connectivity index (χ4v) is 1.99. The Bertz CT molecular complexity index is 451. The van der Waals surface area contributed by atoms with Crippen LogP contribution >= 0.6 is 0 Å². The molecule has 0 bridgehead atoms. The van der Waals surface area contributed by atoms with Gasteiger partial charge in [0.25, 0.3) is 5.91 Å². The number of hydrogen-bond acceptors (Lipinski definition) is 3. The summed E-state index contributed by atoms with van der Waals surface area (Å²) in [6, 6.07) is 2.49. The Hall–Kier alpha value is -1.82. The zero-order chi connectivity index (χ0) is 13.1. The third-order valence-corrected chi connectivity index (χ3v) is 3.27. The molecule has 0 aliphatic heterocycles. The number of carbonyl (C=O) groups excluding carboxylic acids is 1. The van der Waals surface area contributed by atoms with Crippen LogP contribution in [0.5, 0.6) is 0 Å². The smallest absolute Gasteiger partial charge is 0.328 e. The molecule has 18 heavy (non-hydrogen) atoms. The summed E-state index contributed by atoms with van der Waals surface area (Å²) in [4.78, 5) is 22.7. The Labute approximate surface area is 104 Å². The Morgan fingerprint density at radius 3 is 2.72 bits per heavy atom. The predicted octanol–water partition coefficient (Wildman–Crippen LogP) is 0.388. The molecule has 0 aromatic carbocycles. The fourth-order valence-electron chi connectivity index (χ4n) is 1.99. The molecule has 6 nitrogen and oxygen atoms in total. The van der Waals surface area contributed by atoms with Crippen LogP contribution in [-0.4, -0.2) is 39.3 Å². The van der Waals surface area contributed by atoms with Gasteiger partial charge in [-0.15, -0.1) is 0 Å². The molecule has 1 aliphatic rings. The summed E-state index contributed by atoms with van der Waals surface area (Å²) in [5, 5.41) is 20.0. The van der Waals surface area contributed by atoms with Crippen molar-refractivity contribution < 1.29 is 19.8 Å². The number of hydrogen-bond donors (Lipinski definition) is 3. The number of carbonyl (C=O) groups is 2. The molecule has 1 atom stereocenters. The monoisotopic (exact) mass is 252 g/mol. The van der Waals surface area contributed by atoms with E-state index in [-0.39, 0.29) is 0 Å². The molecule has 1 amide bonds. The Morgan fingerprint density at radius 2 is 2.22 bits per heavy atom. The summed E-state index contributed by atoms with van der Waals surface area (Å²) in [6.07, 6.45) is 5.06. The largest absolute Gasteiger partial charge is 0.480 e. The molecule has 1 saturated carbocycles. The van der Waals surface area contributed by atoms with E-state index >= 15 is 0 Å². The topological polar surface area (TPSA) is 91.6 Å². The molecule has 1 fully saturated rings. The van der Waals surface area contributed by atoms with Crippen molar-refractivity contribution in [3.05, 3.63) is 24.0 Å². The summed E-state index contributed by atoms with van der Waals surface area (Å²) in [5.74, 6) is -1.71. The Morgan fingerprint density at radius 1 is 1.50 bits per heavy atom. The van der Waals surface area contributed by atoms with Gasteiger partial charge in [-0.25, -0.2) is 4.79 Å². The molecule has 98 valence electrons. The third kappa shape index (κ3) is 2.38. The van der Waals surface area contributed by atoms with Gasteiger partial charge < -0.3 is 20.1 Å². The minimum absolute atomic E-state index is 0.332. The number of amides is 1. The highest BCUT2D eigenvalue weighted by atomic mass is 16.4. The lowest BCUT2D eigenvalue weighted by atomic mass is 9.93. The average Bonchev–Trinajstić information content (AvgIpc) is 2.71. The van der Waals surface area contributed by atoms with Crippen LogP contribution in [0.25, 0.3) is 0 Å². The van der Waals surface area contributed by atoms with E-state index in [1.807, 2.05) is 10.8 Å². The Kier molecular flexibility index (Phi) is 3.66. The molecule has 3 N–H and O–H groups in total. The predicted molar refractivity (Wildman–Crippen MR) is 63.3 cm³/mol. The van der Waals surface area contributed by atoms with E-state index in [4.69, 9.17) is 10.2 Å².